The van der Waals surface area contributed by atoms with Gasteiger partial charge < -0.3 is 21.3 Å². The number of nitrogens with two attached hydrogens (primary N) is 2. The number of carbonyl (C=O) groups excluding carboxylic acids is 1. The second-order valence-corrected chi connectivity index (χ2v) is 12.6. The molecule has 5 N–H and O–H groups in total. The largest absolute Gasteiger partial charge is 0.465 e. The number of esters is 1. The van der Waals surface area contributed by atoms with E-state index in [-0.39, 0.29) is 41.9 Å². The van der Waals surface area contributed by atoms with Crippen molar-refractivity contribution in [1.82, 2.24) is 0 Å². The first kappa shape index (κ1) is 26.9. The average molecular weight is 465 g/mol. The maximum absolute atomic E-state index is 12.9. The van der Waals surface area contributed by atoms with E-state index in [1.807, 2.05) is 6.92 Å². The maximum atomic E-state index is 12.9. The highest BCUT2D eigenvalue weighted by atomic mass is 16.5. The normalized spacial score (nSPS) is 46.7. The minimum atomic E-state index is -0.317. The minimum Gasteiger partial charge on any atom is -0.465 e. The molecule has 0 aromatic heterocycles. The molecule has 0 aromatic carbocycles. The number of aliphatic hydroxyl groups excluding tert-OH is 1. The third kappa shape index (κ3) is 6.73. The summed E-state index contributed by atoms with van der Waals surface area (Å²) in [5.41, 5.74) is 12.8. The zero-order valence-corrected chi connectivity index (χ0v) is 21.9. The fourth-order valence-electron chi connectivity index (χ4n) is 7.76. The van der Waals surface area contributed by atoms with E-state index in [1.54, 1.807) is 0 Å². The van der Waals surface area contributed by atoms with Gasteiger partial charge in [0.05, 0.1) is 18.6 Å². The van der Waals surface area contributed by atoms with Crippen molar-refractivity contribution in [1.29, 1.82) is 0 Å². The Balaban J connectivity index is 1.70. The van der Waals surface area contributed by atoms with Gasteiger partial charge in [-0.15, -0.1) is 0 Å². The fourth-order valence-corrected chi connectivity index (χ4v) is 7.76. The first-order chi connectivity index (χ1) is 15.6. The summed E-state index contributed by atoms with van der Waals surface area (Å²) < 4.78 is 5.59. The Labute approximate surface area is 202 Å². The third-order valence-electron chi connectivity index (χ3n) is 9.64. The molecule has 5 heteroatoms. The van der Waals surface area contributed by atoms with Crippen molar-refractivity contribution >= 4 is 5.97 Å². The van der Waals surface area contributed by atoms with Crippen molar-refractivity contribution in [2.45, 2.75) is 111 Å². The van der Waals surface area contributed by atoms with Gasteiger partial charge in [0.1, 0.15) is 0 Å². The Bertz CT molecular complexity index is 562. The van der Waals surface area contributed by atoms with E-state index in [4.69, 9.17) is 16.2 Å². The molecule has 6 atom stereocenters. The Hall–Kier alpha value is -0.650. The van der Waals surface area contributed by atoms with Crippen LogP contribution in [-0.2, 0) is 9.53 Å². The smallest absolute Gasteiger partial charge is 0.308 e. The highest BCUT2D eigenvalue weighted by Crippen LogP contribution is 2.46. The second kappa shape index (κ2) is 11.9. The molecule has 3 aliphatic rings. The first-order valence-electron chi connectivity index (χ1n) is 14.0. The monoisotopic (exact) mass is 464 g/mol. The molecule has 0 saturated heterocycles. The lowest BCUT2D eigenvalue weighted by Crippen LogP contribution is -2.45. The van der Waals surface area contributed by atoms with Crippen molar-refractivity contribution in [3.63, 3.8) is 0 Å². The first-order valence-corrected chi connectivity index (χ1v) is 14.0. The zero-order chi connectivity index (χ0) is 24.3. The molecular formula is C28H52N2O3. The van der Waals surface area contributed by atoms with Crippen molar-refractivity contribution < 1.29 is 14.6 Å². The quantitative estimate of drug-likeness (QED) is 0.473. The minimum absolute atomic E-state index is 0.0430. The molecule has 0 bridgehead atoms. The zero-order valence-electron chi connectivity index (χ0n) is 21.9. The molecular weight excluding hydrogens is 412 g/mol. The number of rotatable bonds is 7. The molecule has 3 rings (SSSR count). The molecule has 3 aliphatic carbocycles. The van der Waals surface area contributed by atoms with Gasteiger partial charge >= 0.3 is 5.97 Å². The van der Waals surface area contributed by atoms with Gasteiger partial charge in [0.2, 0.25) is 0 Å². The highest BCUT2D eigenvalue weighted by Gasteiger charge is 2.43. The molecule has 0 amide bonds. The Morgan fingerprint density at radius 1 is 0.788 bits per heavy atom. The van der Waals surface area contributed by atoms with Crippen LogP contribution in [-0.4, -0.2) is 35.9 Å². The standard InChI is InChI=1S/C28H52N2O3/c1-6-7-33-28(32)24-14-22(12-20-8-16(2)25(29)17(3)9-20)27(31)23(15-24)13-21-10-18(4)26(30)19(5)11-21/h16-27,31H,6-15,29-30H2,1-5H3. The third-order valence-corrected chi connectivity index (χ3v) is 9.64. The van der Waals surface area contributed by atoms with Crippen LogP contribution >= 0.6 is 0 Å². The predicted molar refractivity (Wildman–Crippen MR) is 134 cm³/mol. The van der Waals surface area contributed by atoms with E-state index in [2.05, 4.69) is 27.7 Å². The lowest BCUT2D eigenvalue weighted by molar-refractivity contribution is -0.154. The van der Waals surface area contributed by atoms with Crippen molar-refractivity contribution in [3.8, 4) is 0 Å². The summed E-state index contributed by atoms with van der Waals surface area (Å²) in [4.78, 5) is 12.9. The van der Waals surface area contributed by atoms with Gasteiger partial charge in [-0.1, -0.05) is 34.6 Å². The Morgan fingerprint density at radius 3 is 1.55 bits per heavy atom. The van der Waals surface area contributed by atoms with Gasteiger partial charge in [-0.05, 0) is 105 Å². The maximum Gasteiger partial charge on any atom is 0.308 e. The average Bonchev–Trinajstić information content (AvgIpc) is 2.76. The summed E-state index contributed by atoms with van der Waals surface area (Å²) in [6.45, 7) is 11.6. The molecule has 33 heavy (non-hydrogen) atoms. The van der Waals surface area contributed by atoms with Crippen LogP contribution in [0.4, 0.5) is 0 Å². The molecule has 0 aliphatic heterocycles. The Kier molecular flexibility index (Phi) is 9.68. The van der Waals surface area contributed by atoms with Crippen molar-refractivity contribution in [2.24, 2.45) is 64.7 Å². The van der Waals surface area contributed by atoms with Crippen molar-refractivity contribution in [2.75, 3.05) is 6.61 Å². The second-order valence-electron chi connectivity index (χ2n) is 12.6. The van der Waals surface area contributed by atoms with E-state index in [1.165, 1.54) is 0 Å². The molecule has 0 heterocycles. The van der Waals surface area contributed by atoms with Gasteiger partial charge in [-0.3, -0.25) is 4.79 Å². The summed E-state index contributed by atoms with van der Waals surface area (Å²) >= 11 is 0. The van der Waals surface area contributed by atoms with E-state index in [9.17, 15) is 9.90 Å². The predicted octanol–water partition coefficient (Wildman–Crippen LogP) is 4.74. The van der Waals surface area contributed by atoms with Crippen molar-refractivity contribution in [3.05, 3.63) is 0 Å². The summed E-state index contributed by atoms with van der Waals surface area (Å²) in [5.74, 6) is 3.52. The molecule has 192 valence electrons. The van der Waals surface area contributed by atoms with Gasteiger partial charge in [0.25, 0.3) is 0 Å². The SMILES string of the molecule is CCCOC(=O)C1CC(CC2CC(C)C(N)C(C)C2)C(O)C(CC2CC(C)C(N)C(C)C2)C1. The van der Waals surface area contributed by atoms with Crippen LogP contribution in [0.25, 0.3) is 0 Å². The van der Waals surface area contributed by atoms with Gasteiger partial charge in [0, 0.05) is 12.1 Å². The number of aliphatic hydroxyl groups is 1. The molecule has 0 spiro atoms. The van der Waals surface area contributed by atoms with E-state index in [0.29, 0.717) is 42.1 Å². The topological polar surface area (TPSA) is 98.6 Å². The molecule has 6 unspecified atom stereocenters. The van der Waals surface area contributed by atoms with Crippen LogP contribution in [0.3, 0.4) is 0 Å². The summed E-state index contributed by atoms with van der Waals surface area (Å²) in [6, 6.07) is 0.562. The van der Waals surface area contributed by atoms with Crippen LogP contribution in [0.2, 0.25) is 0 Å². The van der Waals surface area contributed by atoms with Crippen LogP contribution in [0.15, 0.2) is 0 Å². The van der Waals surface area contributed by atoms with Crippen LogP contribution < -0.4 is 11.5 Å². The molecule has 5 nitrogen and oxygen atoms in total. The lowest BCUT2D eigenvalue weighted by atomic mass is 9.63. The highest BCUT2D eigenvalue weighted by molar-refractivity contribution is 5.72. The van der Waals surface area contributed by atoms with Gasteiger partial charge in [-0.2, -0.15) is 0 Å². The van der Waals surface area contributed by atoms with Crippen LogP contribution in [0.5, 0.6) is 0 Å². The number of ether oxygens (including phenoxy) is 1. The van der Waals surface area contributed by atoms with E-state index < -0.39 is 0 Å². The van der Waals surface area contributed by atoms with Gasteiger partial charge in [-0.25, -0.2) is 0 Å². The Morgan fingerprint density at radius 2 is 1.18 bits per heavy atom. The summed E-state index contributed by atoms with van der Waals surface area (Å²) in [7, 11) is 0. The van der Waals surface area contributed by atoms with Crippen LogP contribution in [0, 0.1) is 53.3 Å². The molecule has 0 aromatic rings. The summed E-state index contributed by atoms with van der Waals surface area (Å²) in [5, 5.41) is 11.5. The van der Waals surface area contributed by atoms with Crippen LogP contribution in [0.1, 0.15) is 92.4 Å². The number of carbonyl (C=O) groups is 1. The lowest BCUT2D eigenvalue weighted by Gasteiger charge is -2.45. The molecule has 0 radical (unpaired) electrons. The number of hydrogen-bond acceptors (Lipinski definition) is 5. The molecule has 3 saturated carbocycles. The summed E-state index contributed by atoms with van der Waals surface area (Å²) in [6.07, 6.45) is 8.66. The molecule has 3 fully saturated rings. The van der Waals surface area contributed by atoms with Gasteiger partial charge in [0.15, 0.2) is 0 Å². The van der Waals surface area contributed by atoms with E-state index >= 15 is 0 Å². The van der Waals surface area contributed by atoms with E-state index in [0.717, 1.165) is 57.8 Å². The number of hydrogen-bond donors (Lipinski definition) is 3. The fraction of sp³-hybridized carbons (Fsp3) is 0.964.